The Hall–Kier alpha value is -1.61. The van der Waals surface area contributed by atoms with Crippen molar-refractivity contribution in [1.82, 2.24) is 9.78 Å². The van der Waals surface area contributed by atoms with Crippen molar-refractivity contribution in [3.63, 3.8) is 0 Å². The molecule has 1 aromatic heterocycles. The molecule has 0 spiro atoms. The lowest BCUT2D eigenvalue weighted by atomic mass is 9.69. The molecule has 0 aliphatic heterocycles. The third-order valence-corrected chi connectivity index (χ3v) is 4.88. The first-order valence-electron chi connectivity index (χ1n) is 7.96. The van der Waals surface area contributed by atoms with Gasteiger partial charge in [0.05, 0.1) is 5.69 Å². The maximum absolute atomic E-state index is 6.21. The first kappa shape index (κ1) is 14.3. The van der Waals surface area contributed by atoms with Crippen LogP contribution in [-0.4, -0.2) is 16.3 Å². The van der Waals surface area contributed by atoms with Crippen molar-refractivity contribution in [2.24, 2.45) is 11.1 Å². The molecule has 21 heavy (non-hydrogen) atoms. The molecular formula is C18H25N3. The van der Waals surface area contributed by atoms with E-state index in [1.165, 1.54) is 23.2 Å². The second kappa shape index (κ2) is 5.64. The van der Waals surface area contributed by atoms with Gasteiger partial charge in [-0.3, -0.25) is 4.68 Å². The highest BCUT2D eigenvalue weighted by Crippen LogP contribution is 2.37. The van der Waals surface area contributed by atoms with Crippen LogP contribution in [0.2, 0.25) is 0 Å². The maximum atomic E-state index is 6.21. The van der Waals surface area contributed by atoms with Crippen molar-refractivity contribution in [1.29, 1.82) is 0 Å². The van der Waals surface area contributed by atoms with E-state index < -0.39 is 0 Å². The lowest BCUT2D eigenvalue weighted by Crippen LogP contribution is -2.39. The molecular weight excluding hydrogens is 258 g/mol. The smallest absolute Gasteiger partial charge is 0.0596 e. The van der Waals surface area contributed by atoms with E-state index in [4.69, 9.17) is 5.73 Å². The molecule has 0 fully saturated rings. The number of hydrogen-bond acceptors (Lipinski definition) is 2. The van der Waals surface area contributed by atoms with E-state index in [0.717, 1.165) is 38.0 Å². The van der Waals surface area contributed by atoms with Gasteiger partial charge in [0.2, 0.25) is 0 Å². The zero-order chi connectivity index (χ0) is 14.9. The molecule has 0 amide bonds. The Morgan fingerprint density at radius 3 is 2.76 bits per heavy atom. The van der Waals surface area contributed by atoms with Crippen LogP contribution in [0.4, 0.5) is 0 Å². The molecule has 0 saturated carbocycles. The summed E-state index contributed by atoms with van der Waals surface area (Å²) in [4.78, 5) is 0. The largest absolute Gasteiger partial charge is 0.330 e. The van der Waals surface area contributed by atoms with Gasteiger partial charge in [0, 0.05) is 12.2 Å². The number of fused-ring (bicyclic) bond motifs is 1. The van der Waals surface area contributed by atoms with Crippen molar-refractivity contribution in [3.8, 4) is 0 Å². The highest BCUT2D eigenvalue weighted by atomic mass is 15.3. The molecule has 0 bridgehead atoms. The van der Waals surface area contributed by atoms with Crippen LogP contribution in [0.3, 0.4) is 0 Å². The monoisotopic (exact) mass is 283 g/mol. The third-order valence-electron chi connectivity index (χ3n) is 4.88. The van der Waals surface area contributed by atoms with E-state index in [0.29, 0.717) is 0 Å². The van der Waals surface area contributed by atoms with Gasteiger partial charge in [0.1, 0.15) is 0 Å². The van der Waals surface area contributed by atoms with E-state index in [9.17, 15) is 0 Å². The minimum Gasteiger partial charge on any atom is -0.330 e. The third kappa shape index (κ3) is 2.75. The molecule has 3 nitrogen and oxygen atoms in total. The van der Waals surface area contributed by atoms with Crippen LogP contribution in [0.25, 0.3) is 0 Å². The van der Waals surface area contributed by atoms with Crippen LogP contribution >= 0.6 is 0 Å². The Kier molecular flexibility index (Phi) is 3.85. The van der Waals surface area contributed by atoms with E-state index in [1.807, 2.05) is 0 Å². The van der Waals surface area contributed by atoms with Gasteiger partial charge in [-0.15, -0.1) is 0 Å². The molecule has 2 N–H and O–H groups in total. The zero-order valence-electron chi connectivity index (χ0n) is 13.1. The second-order valence-electron chi connectivity index (χ2n) is 6.42. The fourth-order valence-corrected chi connectivity index (χ4v) is 3.66. The van der Waals surface area contributed by atoms with Gasteiger partial charge in [0.25, 0.3) is 0 Å². The van der Waals surface area contributed by atoms with Crippen LogP contribution < -0.4 is 5.73 Å². The van der Waals surface area contributed by atoms with E-state index in [-0.39, 0.29) is 5.41 Å². The number of aryl methyl sites for hydroxylation is 3. The Balaban J connectivity index is 1.88. The molecule has 3 rings (SSSR count). The predicted octanol–water partition coefficient (Wildman–Crippen LogP) is 2.89. The maximum Gasteiger partial charge on any atom is 0.0596 e. The lowest BCUT2D eigenvalue weighted by Gasteiger charge is -2.37. The lowest BCUT2D eigenvalue weighted by molar-refractivity contribution is 0.247. The van der Waals surface area contributed by atoms with Crippen LogP contribution in [0.15, 0.2) is 30.3 Å². The van der Waals surface area contributed by atoms with Crippen molar-refractivity contribution in [3.05, 3.63) is 52.8 Å². The molecule has 112 valence electrons. The molecule has 3 heteroatoms. The Labute approximate surface area is 127 Å². The molecule has 1 aliphatic rings. The van der Waals surface area contributed by atoms with Gasteiger partial charge < -0.3 is 5.73 Å². The normalized spacial score (nSPS) is 21.3. The summed E-state index contributed by atoms with van der Waals surface area (Å²) in [6.45, 7) is 5.90. The summed E-state index contributed by atoms with van der Waals surface area (Å²) in [6.07, 6.45) is 4.45. The Morgan fingerprint density at radius 1 is 1.29 bits per heavy atom. The zero-order valence-corrected chi connectivity index (χ0v) is 13.1. The van der Waals surface area contributed by atoms with Gasteiger partial charge in [-0.05, 0) is 68.7 Å². The SMILES string of the molecule is CCn1nc(C)cc1CC1(CN)CCc2ccccc2C1. The summed E-state index contributed by atoms with van der Waals surface area (Å²) >= 11 is 0. The summed E-state index contributed by atoms with van der Waals surface area (Å²) in [7, 11) is 0. The summed E-state index contributed by atoms with van der Waals surface area (Å²) in [5, 5.41) is 4.58. The standard InChI is InChI=1S/C18H25N3/c1-3-21-17(10-14(2)20-21)12-18(13-19)9-8-15-6-4-5-7-16(15)11-18/h4-7,10H,3,8-9,11-13,19H2,1-2H3. The van der Waals surface area contributed by atoms with Crippen LogP contribution in [0.1, 0.15) is 35.9 Å². The topological polar surface area (TPSA) is 43.8 Å². The molecule has 1 atom stereocenters. The second-order valence-corrected chi connectivity index (χ2v) is 6.42. The minimum absolute atomic E-state index is 0.188. The summed E-state index contributed by atoms with van der Waals surface area (Å²) in [5.41, 5.74) is 11.8. The first-order chi connectivity index (χ1) is 10.2. The summed E-state index contributed by atoms with van der Waals surface area (Å²) < 4.78 is 2.13. The van der Waals surface area contributed by atoms with E-state index in [2.05, 4.69) is 54.0 Å². The summed E-state index contributed by atoms with van der Waals surface area (Å²) in [6, 6.07) is 11.0. The molecule has 1 heterocycles. The van der Waals surface area contributed by atoms with Gasteiger partial charge in [-0.1, -0.05) is 24.3 Å². The minimum atomic E-state index is 0.188. The average molecular weight is 283 g/mol. The number of hydrogen-bond donors (Lipinski definition) is 1. The highest BCUT2D eigenvalue weighted by Gasteiger charge is 2.34. The van der Waals surface area contributed by atoms with Crippen molar-refractivity contribution < 1.29 is 0 Å². The van der Waals surface area contributed by atoms with Gasteiger partial charge in [-0.2, -0.15) is 5.10 Å². The van der Waals surface area contributed by atoms with Gasteiger partial charge >= 0.3 is 0 Å². The molecule has 0 radical (unpaired) electrons. The number of rotatable bonds is 4. The number of nitrogens with two attached hydrogens (primary N) is 1. The van der Waals surface area contributed by atoms with E-state index >= 15 is 0 Å². The number of aromatic nitrogens is 2. The van der Waals surface area contributed by atoms with Crippen LogP contribution in [0.5, 0.6) is 0 Å². The van der Waals surface area contributed by atoms with Crippen LogP contribution in [0, 0.1) is 12.3 Å². The van der Waals surface area contributed by atoms with E-state index in [1.54, 1.807) is 0 Å². The quantitative estimate of drug-likeness (QED) is 0.937. The van der Waals surface area contributed by atoms with Gasteiger partial charge in [-0.25, -0.2) is 0 Å². The number of nitrogens with zero attached hydrogens (tertiary/aromatic N) is 2. The number of benzene rings is 1. The predicted molar refractivity (Wildman–Crippen MR) is 86.3 cm³/mol. The Morgan fingerprint density at radius 2 is 2.05 bits per heavy atom. The fourth-order valence-electron chi connectivity index (χ4n) is 3.66. The Bertz CT molecular complexity index is 629. The van der Waals surface area contributed by atoms with Gasteiger partial charge in [0.15, 0.2) is 0 Å². The molecule has 2 aromatic rings. The van der Waals surface area contributed by atoms with Crippen molar-refractivity contribution in [2.75, 3.05) is 6.54 Å². The van der Waals surface area contributed by atoms with Crippen molar-refractivity contribution >= 4 is 0 Å². The first-order valence-corrected chi connectivity index (χ1v) is 7.96. The highest BCUT2D eigenvalue weighted by molar-refractivity contribution is 5.31. The molecule has 1 aromatic carbocycles. The van der Waals surface area contributed by atoms with Crippen LogP contribution in [-0.2, 0) is 25.8 Å². The molecule has 1 aliphatic carbocycles. The summed E-state index contributed by atoms with van der Waals surface area (Å²) in [5.74, 6) is 0. The van der Waals surface area contributed by atoms with Crippen molar-refractivity contribution in [2.45, 2.75) is 46.1 Å². The molecule has 0 saturated heterocycles. The fraction of sp³-hybridized carbons (Fsp3) is 0.500. The molecule has 1 unspecified atom stereocenters. The average Bonchev–Trinajstić information content (AvgIpc) is 2.86.